The van der Waals surface area contributed by atoms with Gasteiger partial charge >= 0.3 is 0 Å². The smallest absolute Gasteiger partial charge is 0.0707 e. The zero-order valence-electron chi connectivity index (χ0n) is 14.8. The minimum absolute atomic E-state index is 0.287. The van der Waals surface area contributed by atoms with E-state index in [2.05, 4.69) is 84.4 Å². The van der Waals surface area contributed by atoms with Crippen LogP contribution in [0.4, 0.5) is 0 Å². The molecule has 24 heavy (non-hydrogen) atoms. The van der Waals surface area contributed by atoms with Crippen LogP contribution in [0.2, 0.25) is 0 Å². The molecule has 4 heterocycles. The normalized spacial score (nSPS) is 30.9. The summed E-state index contributed by atoms with van der Waals surface area (Å²) in [6, 6.07) is 5.54. The summed E-state index contributed by atoms with van der Waals surface area (Å²) in [5.41, 5.74) is 3.69. The summed E-state index contributed by atoms with van der Waals surface area (Å²) in [5.74, 6) is 0. The molecule has 3 atom stereocenters. The standard InChI is InChI=1S/C20H26N4/c1-22-10-4-7-18(22)15-13-16(19-8-5-11-23(19)2)21-17(14-15)20-9-6-12-24(20)3/h4-9,13-14,18-20H,10-12H2,1-3H3. The zero-order chi connectivity index (χ0) is 16.7. The van der Waals surface area contributed by atoms with Crippen LogP contribution in [0.3, 0.4) is 0 Å². The van der Waals surface area contributed by atoms with E-state index in [9.17, 15) is 0 Å². The minimum atomic E-state index is 0.287. The maximum Gasteiger partial charge on any atom is 0.0707 e. The fraction of sp³-hybridized carbons (Fsp3) is 0.450. The van der Waals surface area contributed by atoms with E-state index in [0.29, 0.717) is 6.04 Å². The molecule has 1 aromatic heterocycles. The highest BCUT2D eigenvalue weighted by Gasteiger charge is 2.27. The van der Waals surface area contributed by atoms with Gasteiger partial charge in [0.2, 0.25) is 0 Å². The van der Waals surface area contributed by atoms with Crippen LogP contribution in [0.15, 0.2) is 48.6 Å². The lowest BCUT2D eigenvalue weighted by Gasteiger charge is -2.26. The second-order valence-electron chi connectivity index (χ2n) is 7.19. The average molecular weight is 322 g/mol. The number of hydrogen-bond acceptors (Lipinski definition) is 4. The monoisotopic (exact) mass is 322 g/mol. The van der Waals surface area contributed by atoms with E-state index in [1.165, 1.54) is 17.0 Å². The Hall–Kier alpha value is -1.75. The van der Waals surface area contributed by atoms with Gasteiger partial charge in [-0.05, 0) is 38.8 Å². The molecule has 4 heteroatoms. The predicted molar refractivity (Wildman–Crippen MR) is 97.8 cm³/mol. The lowest BCUT2D eigenvalue weighted by molar-refractivity contribution is 0.317. The van der Waals surface area contributed by atoms with Gasteiger partial charge in [-0.1, -0.05) is 36.5 Å². The summed E-state index contributed by atoms with van der Waals surface area (Å²) >= 11 is 0. The molecule has 3 aliphatic rings. The molecule has 0 saturated heterocycles. The highest BCUT2D eigenvalue weighted by Crippen LogP contribution is 2.33. The lowest BCUT2D eigenvalue weighted by Crippen LogP contribution is -2.24. The first kappa shape index (κ1) is 15.8. The molecule has 4 rings (SSSR count). The molecule has 0 aliphatic carbocycles. The Morgan fingerprint density at radius 1 is 0.708 bits per heavy atom. The van der Waals surface area contributed by atoms with Crippen molar-refractivity contribution in [2.75, 3.05) is 40.8 Å². The minimum Gasteiger partial charge on any atom is -0.292 e. The molecule has 4 nitrogen and oxygen atoms in total. The van der Waals surface area contributed by atoms with Gasteiger partial charge in [0.05, 0.1) is 29.5 Å². The molecule has 0 amide bonds. The Morgan fingerprint density at radius 2 is 1.12 bits per heavy atom. The summed E-state index contributed by atoms with van der Waals surface area (Å²) in [7, 11) is 6.53. The van der Waals surface area contributed by atoms with Crippen LogP contribution in [-0.2, 0) is 0 Å². The van der Waals surface area contributed by atoms with Gasteiger partial charge in [0, 0.05) is 19.6 Å². The van der Waals surface area contributed by atoms with Crippen LogP contribution in [0, 0.1) is 0 Å². The van der Waals surface area contributed by atoms with Crippen LogP contribution in [0.5, 0.6) is 0 Å². The average Bonchev–Trinajstić information content (AvgIpc) is 3.28. The highest BCUT2D eigenvalue weighted by atomic mass is 15.2. The molecular formula is C20H26N4. The largest absolute Gasteiger partial charge is 0.292 e. The quantitative estimate of drug-likeness (QED) is 0.798. The Bertz CT molecular complexity index is 598. The molecule has 0 N–H and O–H groups in total. The van der Waals surface area contributed by atoms with Gasteiger partial charge in [-0.3, -0.25) is 19.7 Å². The topological polar surface area (TPSA) is 22.6 Å². The van der Waals surface area contributed by atoms with Crippen LogP contribution < -0.4 is 0 Å². The molecule has 3 aliphatic heterocycles. The molecule has 126 valence electrons. The summed E-state index contributed by atoms with van der Waals surface area (Å²) in [5, 5.41) is 0. The van der Waals surface area contributed by atoms with E-state index in [1.807, 2.05) is 0 Å². The van der Waals surface area contributed by atoms with E-state index in [0.717, 1.165) is 19.6 Å². The maximum absolute atomic E-state index is 5.07. The summed E-state index contributed by atoms with van der Waals surface area (Å²) in [6.45, 7) is 3.01. The molecule has 0 aromatic carbocycles. The third-order valence-corrected chi connectivity index (χ3v) is 5.39. The first-order valence-electron chi connectivity index (χ1n) is 8.76. The zero-order valence-corrected chi connectivity index (χ0v) is 14.8. The Balaban J connectivity index is 1.77. The van der Waals surface area contributed by atoms with Gasteiger partial charge in [-0.25, -0.2) is 0 Å². The first-order valence-corrected chi connectivity index (χ1v) is 8.76. The van der Waals surface area contributed by atoms with E-state index in [-0.39, 0.29) is 12.1 Å². The maximum atomic E-state index is 5.07. The SMILES string of the molecule is CN1CC=CC1c1cc(C2C=CCN2C)nc(C2C=CCN2C)c1. The first-order chi connectivity index (χ1) is 11.6. The van der Waals surface area contributed by atoms with Crippen molar-refractivity contribution < 1.29 is 0 Å². The van der Waals surface area contributed by atoms with Crippen molar-refractivity contribution in [2.45, 2.75) is 18.1 Å². The van der Waals surface area contributed by atoms with Crippen molar-refractivity contribution in [1.29, 1.82) is 0 Å². The predicted octanol–water partition coefficient (Wildman–Crippen LogP) is 2.71. The van der Waals surface area contributed by atoms with Crippen molar-refractivity contribution in [1.82, 2.24) is 19.7 Å². The molecule has 0 spiro atoms. The Kier molecular flexibility index (Phi) is 4.12. The number of nitrogens with zero attached hydrogens (tertiary/aromatic N) is 4. The van der Waals surface area contributed by atoms with Crippen LogP contribution >= 0.6 is 0 Å². The number of pyridine rings is 1. The summed E-state index contributed by atoms with van der Waals surface area (Å²) in [4.78, 5) is 12.1. The van der Waals surface area contributed by atoms with E-state index in [4.69, 9.17) is 4.98 Å². The van der Waals surface area contributed by atoms with Gasteiger partial charge in [0.25, 0.3) is 0 Å². The van der Waals surface area contributed by atoms with Crippen LogP contribution in [0.1, 0.15) is 35.1 Å². The Labute approximate surface area is 144 Å². The number of aromatic nitrogens is 1. The second-order valence-corrected chi connectivity index (χ2v) is 7.19. The van der Waals surface area contributed by atoms with Crippen molar-refractivity contribution >= 4 is 0 Å². The summed E-state index contributed by atoms with van der Waals surface area (Å²) < 4.78 is 0. The van der Waals surface area contributed by atoms with Crippen molar-refractivity contribution in [3.05, 3.63) is 65.5 Å². The lowest BCUT2D eigenvalue weighted by atomic mass is 10.0. The third kappa shape index (κ3) is 2.75. The molecule has 0 fully saturated rings. The van der Waals surface area contributed by atoms with Crippen molar-refractivity contribution in [2.24, 2.45) is 0 Å². The van der Waals surface area contributed by atoms with Crippen LogP contribution in [-0.4, -0.2) is 60.5 Å². The van der Waals surface area contributed by atoms with Crippen molar-refractivity contribution in [3.8, 4) is 0 Å². The number of likely N-dealkylation sites (N-methyl/N-ethyl adjacent to an activating group) is 3. The van der Waals surface area contributed by atoms with Gasteiger partial charge in [-0.15, -0.1) is 0 Å². The Morgan fingerprint density at radius 3 is 1.50 bits per heavy atom. The fourth-order valence-corrected chi connectivity index (χ4v) is 3.93. The molecular weight excluding hydrogens is 296 g/mol. The van der Waals surface area contributed by atoms with Crippen molar-refractivity contribution in [3.63, 3.8) is 0 Å². The van der Waals surface area contributed by atoms with E-state index >= 15 is 0 Å². The third-order valence-electron chi connectivity index (χ3n) is 5.39. The molecule has 0 bridgehead atoms. The van der Waals surface area contributed by atoms with Crippen LogP contribution in [0.25, 0.3) is 0 Å². The molecule has 0 radical (unpaired) electrons. The number of rotatable bonds is 3. The molecule has 0 saturated carbocycles. The van der Waals surface area contributed by atoms with Gasteiger partial charge < -0.3 is 0 Å². The van der Waals surface area contributed by atoms with Gasteiger partial charge in [0.1, 0.15) is 0 Å². The number of hydrogen-bond donors (Lipinski definition) is 0. The molecule has 1 aromatic rings. The van der Waals surface area contributed by atoms with E-state index in [1.54, 1.807) is 0 Å². The second kappa shape index (κ2) is 6.28. The van der Waals surface area contributed by atoms with Gasteiger partial charge in [-0.2, -0.15) is 0 Å². The summed E-state index contributed by atoms with van der Waals surface area (Å²) in [6.07, 6.45) is 13.6. The fourth-order valence-electron chi connectivity index (χ4n) is 3.93. The molecule has 3 unspecified atom stereocenters. The van der Waals surface area contributed by atoms with E-state index < -0.39 is 0 Å². The highest BCUT2D eigenvalue weighted by molar-refractivity contribution is 5.35. The van der Waals surface area contributed by atoms with Gasteiger partial charge in [0.15, 0.2) is 0 Å².